The molecule has 0 unspecified atom stereocenters. The third-order valence-electron chi connectivity index (χ3n) is 5.97. The molecule has 1 aliphatic heterocycles. The molecule has 3 aromatic carbocycles. The fraction of sp³-hybridized carbons (Fsp3) is 0.200. The molecule has 8 nitrogen and oxygen atoms in total. The zero-order valence-corrected chi connectivity index (χ0v) is 22.5. The molecule has 0 aliphatic carbocycles. The number of amides is 2. The van der Waals surface area contributed by atoms with Gasteiger partial charge in [0.05, 0.1) is 23.4 Å². The van der Waals surface area contributed by atoms with E-state index in [0.717, 1.165) is 10.5 Å². The average molecular weight is 547 g/mol. The van der Waals surface area contributed by atoms with E-state index in [1.54, 1.807) is 24.3 Å². The van der Waals surface area contributed by atoms with Crippen LogP contribution in [-0.2, 0) is 14.3 Å². The number of hydrogen-bond acceptors (Lipinski definition) is 7. The Kier molecular flexibility index (Phi) is 8.46. The van der Waals surface area contributed by atoms with Gasteiger partial charge in [-0.2, -0.15) is 0 Å². The number of hydrogen-bond donors (Lipinski definition) is 1. The Morgan fingerprint density at radius 3 is 2.03 bits per heavy atom. The Morgan fingerprint density at radius 2 is 1.44 bits per heavy atom. The minimum atomic E-state index is -0.700. The van der Waals surface area contributed by atoms with Crippen molar-refractivity contribution in [1.82, 2.24) is 0 Å². The maximum atomic E-state index is 13.1. The predicted octanol–water partition coefficient (Wildman–Crippen LogP) is 6.03. The molecule has 1 heterocycles. The van der Waals surface area contributed by atoms with Crippen LogP contribution in [0.3, 0.4) is 0 Å². The summed E-state index contributed by atoms with van der Waals surface area (Å²) in [4.78, 5) is 51.3. The fourth-order valence-corrected chi connectivity index (χ4v) is 4.00. The number of anilines is 2. The van der Waals surface area contributed by atoms with Crippen LogP contribution in [0.4, 0.5) is 11.4 Å². The SMILES string of the molecule is CCCOC(=O)c1ccc(N2C(=O)C(Cl)=C(Nc3ccc(C(=O)Oc4ccc(C(C)C)cc4)cc3)C2=O)cc1. The molecule has 0 spiro atoms. The number of benzene rings is 3. The van der Waals surface area contributed by atoms with Gasteiger partial charge in [-0.15, -0.1) is 0 Å². The van der Waals surface area contributed by atoms with E-state index in [2.05, 4.69) is 19.2 Å². The molecule has 4 rings (SSSR count). The standard InChI is InChI=1S/C30H27ClN2O6/c1-4-17-38-29(36)20-7-13-23(14-8-20)33-27(34)25(31)26(28(33)35)32-22-11-5-21(6-12-22)30(37)39-24-15-9-19(10-16-24)18(2)3/h5-16,18,32H,4,17H2,1-3H3. The quantitative estimate of drug-likeness (QED) is 0.198. The second-order valence-electron chi connectivity index (χ2n) is 9.13. The molecule has 0 bridgehead atoms. The third-order valence-corrected chi connectivity index (χ3v) is 6.32. The highest BCUT2D eigenvalue weighted by Gasteiger charge is 2.39. The van der Waals surface area contributed by atoms with Crippen molar-refractivity contribution in [1.29, 1.82) is 0 Å². The molecule has 0 saturated carbocycles. The van der Waals surface area contributed by atoms with Crippen LogP contribution in [0.15, 0.2) is 83.5 Å². The minimum absolute atomic E-state index is 0.103. The summed E-state index contributed by atoms with van der Waals surface area (Å²) < 4.78 is 10.5. The van der Waals surface area contributed by atoms with E-state index in [1.165, 1.54) is 36.4 Å². The zero-order chi connectivity index (χ0) is 28.1. The van der Waals surface area contributed by atoms with Crippen LogP contribution < -0.4 is 15.0 Å². The Bertz CT molecular complexity index is 1430. The van der Waals surface area contributed by atoms with Crippen molar-refractivity contribution in [2.24, 2.45) is 0 Å². The first kappa shape index (κ1) is 27.6. The number of rotatable bonds is 9. The largest absolute Gasteiger partial charge is 0.462 e. The number of nitrogens with one attached hydrogen (secondary N) is 1. The molecular weight excluding hydrogens is 520 g/mol. The fourth-order valence-electron chi connectivity index (χ4n) is 3.79. The lowest BCUT2D eigenvalue weighted by atomic mass is 10.0. The van der Waals surface area contributed by atoms with Crippen LogP contribution in [0.25, 0.3) is 0 Å². The average Bonchev–Trinajstić information content (AvgIpc) is 3.15. The summed E-state index contributed by atoms with van der Waals surface area (Å²) >= 11 is 6.22. The monoisotopic (exact) mass is 546 g/mol. The lowest BCUT2D eigenvalue weighted by Gasteiger charge is -2.15. The van der Waals surface area contributed by atoms with Gasteiger partial charge in [-0.05, 0) is 78.6 Å². The van der Waals surface area contributed by atoms with Crippen LogP contribution in [0.5, 0.6) is 5.75 Å². The van der Waals surface area contributed by atoms with Crippen LogP contribution >= 0.6 is 11.6 Å². The number of ether oxygens (including phenoxy) is 2. The summed E-state index contributed by atoms with van der Waals surface area (Å²) in [6.07, 6.45) is 0.695. The van der Waals surface area contributed by atoms with E-state index < -0.39 is 23.8 Å². The highest BCUT2D eigenvalue weighted by molar-refractivity contribution is 6.53. The number of carbonyl (C=O) groups is 4. The lowest BCUT2D eigenvalue weighted by molar-refractivity contribution is -0.120. The maximum absolute atomic E-state index is 13.1. The van der Waals surface area contributed by atoms with Gasteiger partial charge in [-0.25, -0.2) is 14.5 Å². The van der Waals surface area contributed by atoms with Crippen LogP contribution in [-0.4, -0.2) is 30.4 Å². The molecule has 2 amide bonds. The maximum Gasteiger partial charge on any atom is 0.343 e. The Balaban J connectivity index is 1.41. The van der Waals surface area contributed by atoms with Crippen molar-refractivity contribution in [3.8, 4) is 5.75 Å². The van der Waals surface area contributed by atoms with E-state index in [9.17, 15) is 19.2 Å². The topological polar surface area (TPSA) is 102 Å². The van der Waals surface area contributed by atoms with E-state index in [4.69, 9.17) is 21.1 Å². The van der Waals surface area contributed by atoms with Crippen molar-refractivity contribution in [3.63, 3.8) is 0 Å². The highest BCUT2D eigenvalue weighted by atomic mass is 35.5. The minimum Gasteiger partial charge on any atom is -0.462 e. The zero-order valence-electron chi connectivity index (χ0n) is 21.7. The number of carbonyl (C=O) groups excluding carboxylic acids is 4. The van der Waals surface area contributed by atoms with E-state index in [-0.39, 0.29) is 16.4 Å². The van der Waals surface area contributed by atoms with Gasteiger partial charge in [0.1, 0.15) is 16.5 Å². The molecule has 39 heavy (non-hydrogen) atoms. The van der Waals surface area contributed by atoms with Crippen LogP contribution in [0.2, 0.25) is 0 Å². The van der Waals surface area contributed by atoms with Gasteiger partial charge < -0.3 is 14.8 Å². The van der Waals surface area contributed by atoms with Gasteiger partial charge >= 0.3 is 11.9 Å². The summed E-state index contributed by atoms with van der Waals surface area (Å²) in [5.74, 6) is -1.57. The Hall–Kier alpha value is -4.43. The first-order chi connectivity index (χ1) is 18.7. The Morgan fingerprint density at radius 1 is 0.846 bits per heavy atom. The van der Waals surface area contributed by atoms with Crippen molar-refractivity contribution < 1.29 is 28.7 Å². The van der Waals surface area contributed by atoms with Gasteiger partial charge in [0.25, 0.3) is 11.8 Å². The lowest BCUT2D eigenvalue weighted by Crippen LogP contribution is -2.32. The molecule has 200 valence electrons. The van der Waals surface area contributed by atoms with Crippen molar-refractivity contribution >= 4 is 46.7 Å². The van der Waals surface area contributed by atoms with E-state index in [1.807, 2.05) is 19.1 Å². The van der Waals surface area contributed by atoms with Gasteiger partial charge in [-0.3, -0.25) is 9.59 Å². The predicted molar refractivity (Wildman–Crippen MR) is 148 cm³/mol. The van der Waals surface area contributed by atoms with Gasteiger partial charge in [0.15, 0.2) is 0 Å². The molecule has 0 fully saturated rings. The second-order valence-corrected chi connectivity index (χ2v) is 9.51. The number of halogens is 1. The van der Waals surface area contributed by atoms with Crippen LogP contribution in [0.1, 0.15) is 59.4 Å². The van der Waals surface area contributed by atoms with E-state index in [0.29, 0.717) is 41.5 Å². The summed E-state index contributed by atoms with van der Waals surface area (Å²) in [6.45, 7) is 6.35. The summed E-state index contributed by atoms with van der Waals surface area (Å²) in [7, 11) is 0. The smallest absolute Gasteiger partial charge is 0.343 e. The van der Waals surface area contributed by atoms with Crippen molar-refractivity contribution in [2.75, 3.05) is 16.8 Å². The number of imide groups is 1. The molecule has 0 aromatic heterocycles. The summed E-state index contributed by atoms with van der Waals surface area (Å²) in [6, 6.07) is 19.5. The van der Waals surface area contributed by atoms with E-state index >= 15 is 0 Å². The first-order valence-corrected chi connectivity index (χ1v) is 12.8. The first-order valence-electron chi connectivity index (χ1n) is 12.4. The molecule has 0 atom stereocenters. The van der Waals surface area contributed by atoms with Crippen molar-refractivity contribution in [2.45, 2.75) is 33.1 Å². The number of esters is 2. The summed E-state index contributed by atoms with van der Waals surface area (Å²) in [5, 5.41) is 2.59. The molecule has 0 radical (unpaired) electrons. The van der Waals surface area contributed by atoms with Gasteiger partial charge in [0.2, 0.25) is 0 Å². The molecule has 9 heteroatoms. The van der Waals surface area contributed by atoms with Gasteiger partial charge in [0, 0.05) is 5.69 Å². The molecule has 3 aromatic rings. The molecule has 1 N–H and O–H groups in total. The normalized spacial score (nSPS) is 13.2. The van der Waals surface area contributed by atoms with Crippen molar-refractivity contribution in [3.05, 3.63) is 100 Å². The molecule has 0 saturated heterocycles. The third kappa shape index (κ3) is 6.18. The van der Waals surface area contributed by atoms with Gasteiger partial charge in [-0.1, -0.05) is 44.5 Å². The highest BCUT2D eigenvalue weighted by Crippen LogP contribution is 2.30. The number of nitrogens with zero attached hydrogens (tertiary/aromatic N) is 1. The molecular formula is C30H27ClN2O6. The Labute approximate surface area is 231 Å². The van der Waals surface area contributed by atoms with Crippen LogP contribution in [0, 0.1) is 0 Å². The summed E-state index contributed by atoms with van der Waals surface area (Å²) in [5.41, 5.74) is 2.34. The second kappa shape index (κ2) is 12.0. The molecule has 1 aliphatic rings.